The van der Waals surface area contributed by atoms with Crippen LogP contribution in [0.5, 0.6) is 0 Å². The minimum Gasteiger partial charge on any atom is -0.338 e. The van der Waals surface area contributed by atoms with Crippen LogP contribution in [0.25, 0.3) is 11.2 Å². The van der Waals surface area contributed by atoms with Crippen LogP contribution in [0.1, 0.15) is 11.4 Å². The van der Waals surface area contributed by atoms with Gasteiger partial charge in [-0.15, -0.1) is 0 Å². The molecule has 0 amide bonds. The number of aromatic nitrogens is 6. The van der Waals surface area contributed by atoms with E-state index in [9.17, 15) is 4.39 Å². The summed E-state index contributed by atoms with van der Waals surface area (Å²) < 4.78 is 14.7. The van der Waals surface area contributed by atoms with Crippen molar-refractivity contribution in [3.63, 3.8) is 0 Å². The summed E-state index contributed by atoms with van der Waals surface area (Å²) in [5, 5.41) is 7.52. The molecule has 0 aliphatic carbocycles. The molecule has 0 fully saturated rings. The van der Waals surface area contributed by atoms with E-state index >= 15 is 0 Å². The summed E-state index contributed by atoms with van der Waals surface area (Å²) in [5.74, 6) is 1.17. The van der Waals surface area contributed by atoms with Gasteiger partial charge in [-0.2, -0.15) is 5.10 Å². The summed E-state index contributed by atoms with van der Waals surface area (Å²) in [6.07, 6.45) is 5.04. The van der Waals surface area contributed by atoms with E-state index < -0.39 is 0 Å². The third-order valence-electron chi connectivity index (χ3n) is 3.56. The zero-order chi connectivity index (χ0) is 16.5. The number of anilines is 2. The fraction of sp³-hybridized carbons (Fsp3) is 0.125. The highest BCUT2D eigenvalue weighted by molar-refractivity contribution is 5.84. The highest BCUT2D eigenvalue weighted by Gasteiger charge is 2.09. The van der Waals surface area contributed by atoms with Crippen molar-refractivity contribution in [2.45, 2.75) is 13.5 Å². The largest absolute Gasteiger partial charge is 0.338 e. The van der Waals surface area contributed by atoms with Crippen molar-refractivity contribution in [2.75, 3.05) is 5.32 Å². The van der Waals surface area contributed by atoms with Gasteiger partial charge in [-0.1, -0.05) is 12.1 Å². The molecule has 2 N–H and O–H groups in total. The third-order valence-corrected chi connectivity index (χ3v) is 3.56. The van der Waals surface area contributed by atoms with Crippen molar-refractivity contribution >= 4 is 22.7 Å². The molecular weight excluding hydrogens is 309 g/mol. The second kappa shape index (κ2) is 5.73. The molecule has 0 atom stereocenters. The first-order chi connectivity index (χ1) is 11.7. The summed E-state index contributed by atoms with van der Waals surface area (Å²) >= 11 is 0. The smallest absolute Gasteiger partial charge is 0.183 e. The molecular formula is C16H14FN7. The second-order valence-electron chi connectivity index (χ2n) is 5.42. The van der Waals surface area contributed by atoms with Gasteiger partial charge in [-0.05, 0) is 24.6 Å². The maximum Gasteiger partial charge on any atom is 0.183 e. The lowest BCUT2D eigenvalue weighted by atomic mass is 10.2. The molecule has 3 heterocycles. The maximum atomic E-state index is 12.9. The second-order valence-corrected chi connectivity index (χ2v) is 5.42. The first kappa shape index (κ1) is 14.3. The summed E-state index contributed by atoms with van der Waals surface area (Å²) in [6, 6.07) is 6.36. The number of fused-ring (bicyclic) bond motifs is 1. The number of H-pyrrole nitrogens is 1. The van der Waals surface area contributed by atoms with Gasteiger partial charge in [0.25, 0.3) is 0 Å². The van der Waals surface area contributed by atoms with Crippen molar-refractivity contribution in [2.24, 2.45) is 0 Å². The minimum absolute atomic E-state index is 0.246. The van der Waals surface area contributed by atoms with Crippen LogP contribution in [-0.2, 0) is 6.54 Å². The molecule has 4 rings (SSSR count). The van der Waals surface area contributed by atoms with Crippen LogP contribution in [-0.4, -0.2) is 29.7 Å². The SMILES string of the molecule is Cc1nc2ncnc(Nc3cnn(Cc4ccc(F)cc4)c3)c2[nH]1. The number of nitrogens with zero attached hydrogens (tertiary/aromatic N) is 5. The Labute approximate surface area is 136 Å². The highest BCUT2D eigenvalue weighted by atomic mass is 19.1. The van der Waals surface area contributed by atoms with E-state index in [4.69, 9.17) is 0 Å². The number of benzene rings is 1. The molecule has 0 aliphatic heterocycles. The lowest BCUT2D eigenvalue weighted by Gasteiger charge is -2.03. The quantitative estimate of drug-likeness (QED) is 0.603. The standard InChI is InChI=1S/C16H14FN7/c1-10-21-14-15(22-10)18-9-19-16(14)23-13-6-20-24(8-13)7-11-2-4-12(17)5-3-11/h2-6,8-9H,7H2,1H3,(H2,18,19,21,22,23). The Morgan fingerprint density at radius 2 is 2.04 bits per heavy atom. The predicted octanol–water partition coefficient (Wildman–Crippen LogP) is 2.79. The van der Waals surface area contributed by atoms with E-state index in [1.54, 1.807) is 23.0 Å². The molecule has 0 aliphatic rings. The lowest BCUT2D eigenvalue weighted by molar-refractivity contribution is 0.624. The molecule has 0 saturated carbocycles. The molecule has 3 aromatic heterocycles. The fourth-order valence-corrected chi connectivity index (χ4v) is 2.47. The van der Waals surface area contributed by atoms with Gasteiger partial charge in [-0.3, -0.25) is 4.68 Å². The number of hydrogen-bond donors (Lipinski definition) is 2. The third kappa shape index (κ3) is 2.81. The van der Waals surface area contributed by atoms with E-state index in [2.05, 4.69) is 30.4 Å². The summed E-state index contributed by atoms with van der Waals surface area (Å²) in [4.78, 5) is 15.8. The van der Waals surface area contributed by atoms with Crippen LogP contribution >= 0.6 is 0 Å². The zero-order valence-electron chi connectivity index (χ0n) is 12.9. The van der Waals surface area contributed by atoms with E-state index in [1.807, 2.05) is 13.1 Å². The average Bonchev–Trinajstić information content (AvgIpc) is 3.16. The molecule has 0 unspecified atom stereocenters. The van der Waals surface area contributed by atoms with Gasteiger partial charge in [0.1, 0.15) is 23.5 Å². The first-order valence-electron chi connectivity index (χ1n) is 7.38. The van der Waals surface area contributed by atoms with Crippen LogP contribution in [0.3, 0.4) is 0 Å². The normalized spacial score (nSPS) is 11.1. The average molecular weight is 323 g/mol. The number of nitrogens with one attached hydrogen (secondary N) is 2. The molecule has 24 heavy (non-hydrogen) atoms. The van der Waals surface area contributed by atoms with Gasteiger partial charge in [0.2, 0.25) is 0 Å². The predicted molar refractivity (Wildman–Crippen MR) is 87.4 cm³/mol. The molecule has 0 radical (unpaired) electrons. The maximum absolute atomic E-state index is 12.9. The van der Waals surface area contributed by atoms with Crippen molar-refractivity contribution < 1.29 is 4.39 Å². The van der Waals surface area contributed by atoms with Crippen LogP contribution in [0.15, 0.2) is 43.0 Å². The van der Waals surface area contributed by atoms with E-state index in [0.717, 1.165) is 22.6 Å². The Morgan fingerprint density at radius 1 is 1.21 bits per heavy atom. The Kier molecular flexibility index (Phi) is 3.42. The van der Waals surface area contributed by atoms with Crippen molar-refractivity contribution in [3.8, 4) is 0 Å². The van der Waals surface area contributed by atoms with Gasteiger partial charge >= 0.3 is 0 Å². The van der Waals surface area contributed by atoms with Gasteiger partial charge in [0.15, 0.2) is 11.5 Å². The summed E-state index contributed by atoms with van der Waals surface area (Å²) in [6.45, 7) is 2.43. The number of rotatable bonds is 4. The van der Waals surface area contributed by atoms with Crippen LogP contribution in [0, 0.1) is 12.7 Å². The van der Waals surface area contributed by atoms with Gasteiger partial charge in [-0.25, -0.2) is 19.3 Å². The monoisotopic (exact) mass is 323 g/mol. The Hall–Kier alpha value is -3.29. The molecule has 0 saturated heterocycles. The Bertz CT molecular complexity index is 987. The summed E-state index contributed by atoms with van der Waals surface area (Å²) in [5.41, 5.74) is 3.13. The zero-order valence-corrected chi connectivity index (χ0v) is 12.9. The van der Waals surface area contributed by atoms with Crippen LogP contribution in [0.2, 0.25) is 0 Å². The van der Waals surface area contributed by atoms with Crippen molar-refractivity contribution in [1.82, 2.24) is 29.7 Å². The molecule has 7 nitrogen and oxygen atoms in total. The Balaban J connectivity index is 1.55. The molecule has 0 spiro atoms. The van der Waals surface area contributed by atoms with E-state index in [1.165, 1.54) is 18.5 Å². The van der Waals surface area contributed by atoms with Crippen molar-refractivity contribution in [1.29, 1.82) is 0 Å². The minimum atomic E-state index is -0.246. The molecule has 120 valence electrons. The topological polar surface area (TPSA) is 84.3 Å². The Morgan fingerprint density at radius 3 is 2.88 bits per heavy atom. The van der Waals surface area contributed by atoms with Crippen molar-refractivity contribution in [3.05, 3.63) is 60.2 Å². The number of hydrogen-bond acceptors (Lipinski definition) is 5. The van der Waals surface area contributed by atoms with E-state index in [-0.39, 0.29) is 5.82 Å². The van der Waals surface area contributed by atoms with Gasteiger partial charge < -0.3 is 10.3 Å². The van der Waals surface area contributed by atoms with Gasteiger partial charge in [0, 0.05) is 6.20 Å². The fourth-order valence-electron chi connectivity index (χ4n) is 2.47. The molecule has 0 bridgehead atoms. The highest BCUT2D eigenvalue weighted by Crippen LogP contribution is 2.20. The molecule has 4 aromatic rings. The van der Waals surface area contributed by atoms with E-state index in [0.29, 0.717) is 18.0 Å². The van der Waals surface area contributed by atoms with Crippen LogP contribution < -0.4 is 5.32 Å². The number of aromatic amines is 1. The van der Waals surface area contributed by atoms with Gasteiger partial charge in [0.05, 0.1) is 18.4 Å². The summed E-state index contributed by atoms with van der Waals surface area (Å²) in [7, 11) is 0. The number of imidazole rings is 1. The first-order valence-corrected chi connectivity index (χ1v) is 7.38. The number of aryl methyl sites for hydroxylation is 1. The number of halogens is 1. The molecule has 1 aromatic carbocycles. The lowest BCUT2D eigenvalue weighted by Crippen LogP contribution is -2.00. The molecule has 8 heteroatoms. The van der Waals surface area contributed by atoms with Crippen LogP contribution in [0.4, 0.5) is 15.9 Å².